The summed E-state index contributed by atoms with van der Waals surface area (Å²) in [6, 6.07) is 0. The Bertz CT molecular complexity index is 232. The van der Waals surface area contributed by atoms with Gasteiger partial charge in [-0.3, -0.25) is 0 Å². The molecule has 1 rings (SSSR count). The zero-order chi connectivity index (χ0) is 9.84. The molecule has 0 aliphatic rings. The molecule has 2 atom stereocenters. The summed E-state index contributed by atoms with van der Waals surface area (Å²) in [5, 5.41) is 35.8. The smallest absolute Gasteiger partial charge is 0.105 e. The van der Waals surface area contributed by atoms with Gasteiger partial charge in [-0.25, -0.2) is 0 Å². The third-order valence-electron chi connectivity index (χ3n) is 1.79. The number of aliphatic hydroxyl groups is 4. The first-order chi connectivity index (χ1) is 6.20. The average molecular weight is 188 g/mol. The summed E-state index contributed by atoms with van der Waals surface area (Å²) in [7, 11) is 0. The fourth-order valence-corrected chi connectivity index (χ4v) is 1.06. The molecule has 0 amide bonds. The summed E-state index contributed by atoms with van der Waals surface area (Å²) in [6.45, 7) is -0.907. The van der Waals surface area contributed by atoms with Crippen LogP contribution in [-0.4, -0.2) is 33.6 Å². The van der Waals surface area contributed by atoms with Gasteiger partial charge in [0.2, 0.25) is 0 Å². The van der Waals surface area contributed by atoms with Gasteiger partial charge in [0.05, 0.1) is 25.7 Å². The van der Waals surface area contributed by atoms with Crippen molar-refractivity contribution in [2.24, 2.45) is 0 Å². The van der Waals surface area contributed by atoms with Crippen LogP contribution < -0.4 is 0 Å². The maximum atomic E-state index is 9.24. The minimum absolute atomic E-state index is 0.295. The van der Waals surface area contributed by atoms with Gasteiger partial charge in [-0.2, -0.15) is 0 Å². The number of rotatable bonds is 4. The van der Waals surface area contributed by atoms with Crippen molar-refractivity contribution in [1.82, 2.24) is 0 Å². The molecule has 5 nitrogen and oxygen atoms in total. The average Bonchev–Trinajstić information content (AvgIpc) is 2.63. The Morgan fingerprint density at radius 3 is 1.69 bits per heavy atom. The quantitative estimate of drug-likeness (QED) is 0.503. The molecule has 0 spiro atoms. The van der Waals surface area contributed by atoms with Gasteiger partial charge in [-0.15, -0.1) is 0 Å². The van der Waals surface area contributed by atoms with E-state index >= 15 is 0 Å². The van der Waals surface area contributed by atoms with E-state index in [1.54, 1.807) is 0 Å². The number of hydrogen-bond acceptors (Lipinski definition) is 5. The molecule has 13 heavy (non-hydrogen) atoms. The molecule has 0 aromatic carbocycles. The molecule has 5 heteroatoms. The fraction of sp³-hybridized carbons (Fsp3) is 0.500. The Balaban J connectivity index is 2.88. The van der Waals surface area contributed by atoms with Crippen LogP contribution in [0.3, 0.4) is 0 Å². The molecular weight excluding hydrogens is 176 g/mol. The normalized spacial score (nSPS) is 15.7. The van der Waals surface area contributed by atoms with E-state index in [9.17, 15) is 10.2 Å². The highest BCUT2D eigenvalue weighted by atomic mass is 16.3. The maximum absolute atomic E-state index is 9.24. The Hall–Kier alpha value is -0.880. The molecule has 1 heterocycles. The predicted molar refractivity (Wildman–Crippen MR) is 42.8 cm³/mol. The largest absolute Gasteiger partial charge is 0.472 e. The van der Waals surface area contributed by atoms with Crippen molar-refractivity contribution in [3.63, 3.8) is 0 Å². The molecule has 0 unspecified atom stereocenters. The Labute approximate surface area is 74.9 Å². The van der Waals surface area contributed by atoms with Crippen molar-refractivity contribution in [2.75, 3.05) is 13.2 Å². The minimum Gasteiger partial charge on any atom is -0.472 e. The summed E-state index contributed by atoms with van der Waals surface area (Å²) in [5.74, 6) is 0. The van der Waals surface area contributed by atoms with Gasteiger partial charge >= 0.3 is 0 Å². The van der Waals surface area contributed by atoms with E-state index in [1.165, 1.54) is 12.5 Å². The van der Waals surface area contributed by atoms with Crippen molar-refractivity contribution in [2.45, 2.75) is 12.2 Å². The fourth-order valence-electron chi connectivity index (χ4n) is 1.06. The molecule has 0 radical (unpaired) electrons. The Kier molecular flexibility index (Phi) is 3.44. The minimum atomic E-state index is -1.09. The lowest BCUT2D eigenvalue weighted by molar-refractivity contribution is 0.0782. The zero-order valence-electron chi connectivity index (χ0n) is 6.92. The first kappa shape index (κ1) is 10.2. The van der Waals surface area contributed by atoms with Gasteiger partial charge in [0.25, 0.3) is 0 Å². The Morgan fingerprint density at radius 2 is 1.38 bits per heavy atom. The molecule has 0 aliphatic carbocycles. The van der Waals surface area contributed by atoms with E-state index in [2.05, 4.69) is 0 Å². The molecular formula is C8H12O5. The van der Waals surface area contributed by atoms with Gasteiger partial charge in [-0.1, -0.05) is 0 Å². The van der Waals surface area contributed by atoms with Crippen LogP contribution in [0.2, 0.25) is 0 Å². The number of aliphatic hydroxyl groups excluding tert-OH is 4. The molecule has 0 saturated carbocycles. The second kappa shape index (κ2) is 4.38. The summed E-state index contributed by atoms with van der Waals surface area (Å²) in [4.78, 5) is 0. The van der Waals surface area contributed by atoms with Gasteiger partial charge in [0.1, 0.15) is 12.2 Å². The summed E-state index contributed by atoms with van der Waals surface area (Å²) >= 11 is 0. The maximum Gasteiger partial charge on any atom is 0.105 e. The van der Waals surface area contributed by atoms with Crippen molar-refractivity contribution in [3.05, 3.63) is 23.7 Å². The topological polar surface area (TPSA) is 94.1 Å². The van der Waals surface area contributed by atoms with Crippen LogP contribution in [0.25, 0.3) is 0 Å². The molecule has 74 valence electrons. The van der Waals surface area contributed by atoms with Crippen LogP contribution in [0.15, 0.2) is 16.9 Å². The van der Waals surface area contributed by atoms with Crippen molar-refractivity contribution in [3.8, 4) is 0 Å². The first-order valence-electron chi connectivity index (χ1n) is 3.84. The molecule has 1 aromatic heterocycles. The van der Waals surface area contributed by atoms with E-state index in [-0.39, 0.29) is 0 Å². The first-order valence-corrected chi connectivity index (χ1v) is 3.84. The number of furan rings is 1. The monoisotopic (exact) mass is 188 g/mol. The van der Waals surface area contributed by atoms with E-state index in [0.717, 1.165) is 0 Å². The second-order valence-electron chi connectivity index (χ2n) is 2.68. The Morgan fingerprint density at radius 1 is 1.00 bits per heavy atom. The van der Waals surface area contributed by atoms with Gasteiger partial charge in [0.15, 0.2) is 0 Å². The molecule has 0 bridgehead atoms. The second-order valence-corrected chi connectivity index (χ2v) is 2.68. The summed E-state index contributed by atoms with van der Waals surface area (Å²) in [6.07, 6.45) is 0.286. The van der Waals surface area contributed by atoms with Crippen molar-refractivity contribution < 1.29 is 24.8 Å². The third-order valence-corrected chi connectivity index (χ3v) is 1.79. The lowest BCUT2D eigenvalue weighted by Crippen LogP contribution is -2.09. The van der Waals surface area contributed by atoms with Gasteiger partial charge < -0.3 is 24.8 Å². The highest BCUT2D eigenvalue weighted by molar-refractivity contribution is 5.25. The van der Waals surface area contributed by atoms with Crippen molar-refractivity contribution in [1.29, 1.82) is 0 Å². The molecule has 0 saturated heterocycles. The van der Waals surface area contributed by atoms with Crippen LogP contribution in [0.1, 0.15) is 23.3 Å². The van der Waals surface area contributed by atoms with Gasteiger partial charge in [-0.05, 0) is 0 Å². The molecule has 4 N–H and O–H groups in total. The molecule has 0 aliphatic heterocycles. The van der Waals surface area contributed by atoms with Crippen LogP contribution in [-0.2, 0) is 0 Å². The SMILES string of the molecule is OC[C@@H](O)c1cocc1[C@H](O)CO. The lowest BCUT2D eigenvalue weighted by Gasteiger charge is -2.10. The summed E-state index contributed by atoms with van der Waals surface area (Å²) < 4.78 is 4.75. The third kappa shape index (κ3) is 2.07. The van der Waals surface area contributed by atoms with Crippen LogP contribution in [0, 0.1) is 0 Å². The highest BCUT2D eigenvalue weighted by Crippen LogP contribution is 2.24. The van der Waals surface area contributed by atoms with Crippen LogP contribution in [0.4, 0.5) is 0 Å². The molecule has 0 fully saturated rings. The standard InChI is InChI=1S/C8H12O5/c9-1-7(11)5-3-13-4-6(5)8(12)2-10/h3-4,7-12H,1-2H2/t7-,8-/m1/s1. The zero-order valence-corrected chi connectivity index (χ0v) is 6.92. The van der Waals surface area contributed by atoms with E-state index < -0.39 is 25.4 Å². The van der Waals surface area contributed by atoms with Gasteiger partial charge in [0, 0.05) is 11.1 Å². The predicted octanol–water partition coefficient (Wildman–Crippen LogP) is -0.669. The van der Waals surface area contributed by atoms with Crippen molar-refractivity contribution >= 4 is 0 Å². The van der Waals surface area contributed by atoms with E-state index in [0.29, 0.717) is 11.1 Å². The van der Waals surface area contributed by atoms with E-state index in [4.69, 9.17) is 14.6 Å². The van der Waals surface area contributed by atoms with Crippen LogP contribution in [0.5, 0.6) is 0 Å². The van der Waals surface area contributed by atoms with E-state index in [1.807, 2.05) is 0 Å². The summed E-state index contributed by atoms with van der Waals surface area (Å²) in [5.41, 5.74) is 0.591. The van der Waals surface area contributed by atoms with Crippen LogP contribution >= 0.6 is 0 Å². The molecule has 1 aromatic rings. The highest BCUT2D eigenvalue weighted by Gasteiger charge is 2.18. The number of hydrogen-bond donors (Lipinski definition) is 4. The lowest BCUT2D eigenvalue weighted by atomic mass is 10.0.